The highest BCUT2D eigenvalue weighted by molar-refractivity contribution is 5.91. The van der Waals surface area contributed by atoms with Gasteiger partial charge in [0.1, 0.15) is 6.04 Å². The summed E-state index contributed by atoms with van der Waals surface area (Å²) >= 11 is 0. The molecule has 5 atom stereocenters. The standard InChI is InChI=1S/C36H54N4O5/c1-6-8-11-21-32(41)34(43)31(25-28-19-14-10-15-20-28)38-36(45)30(16-7-2)37-35(44)29(24-27-17-12-9-13-18-27)26-33(42)40(5)23-22-39(3)4/h1-2,9,12-13,17-18,28-32,34,41,43H,8,10-11,14-16,19-26H2,3-5H3,(H,37,44)(H,38,45)/t29?,30-,31?,32?,34+/m0/s1. The van der Waals surface area contributed by atoms with Crippen molar-refractivity contribution in [2.75, 3.05) is 34.2 Å². The van der Waals surface area contributed by atoms with Crippen LogP contribution in [0, 0.1) is 36.5 Å². The minimum Gasteiger partial charge on any atom is -0.390 e. The van der Waals surface area contributed by atoms with Gasteiger partial charge in [0.2, 0.25) is 17.7 Å². The first kappa shape index (κ1) is 37.8. The Kier molecular flexibility index (Phi) is 17.3. The van der Waals surface area contributed by atoms with Gasteiger partial charge in [0.15, 0.2) is 0 Å². The number of aliphatic hydroxyl groups excluding tert-OH is 2. The predicted octanol–water partition coefficient (Wildman–Crippen LogP) is 2.74. The fourth-order valence-electron chi connectivity index (χ4n) is 5.82. The van der Waals surface area contributed by atoms with Crippen LogP contribution in [-0.2, 0) is 20.8 Å². The van der Waals surface area contributed by atoms with E-state index in [2.05, 4.69) is 22.5 Å². The highest BCUT2D eigenvalue weighted by Crippen LogP contribution is 2.29. The van der Waals surface area contributed by atoms with E-state index in [0.717, 1.165) is 31.2 Å². The van der Waals surface area contributed by atoms with Crippen molar-refractivity contribution in [2.24, 2.45) is 11.8 Å². The first-order valence-electron chi connectivity index (χ1n) is 16.3. The monoisotopic (exact) mass is 622 g/mol. The summed E-state index contributed by atoms with van der Waals surface area (Å²) in [7, 11) is 5.58. The molecule has 1 aromatic carbocycles. The molecular weight excluding hydrogens is 568 g/mol. The molecule has 1 fully saturated rings. The first-order valence-corrected chi connectivity index (χ1v) is 16.3. The summed E-state index contributed by atoms with van der Waals surface area (Å²) in [6.07, 6.45) is 16.1. The molecule has 4 N–H and O–H groups in total. The minimum atomic E-state index is -1.20. The van der Waals surface area contributed by atoms with Crippen LogP contribution >= 0.6 is 0 Å². The number of benzene rings is 1. The van der Waals surface area contributed by atoms with Crippen molar-refractivity contribution in [3.8, 4) is 24.7 Å². The second-order valence-electron chi connectivity index (χ2n) is 12.7. The largest absolute Gasteiger partial charge is 0.390 e. The average molecular weight is 623 g/mol. The van der Waals surface area contributed by atoms with Crippen molar-refractivity contribution in [2.45, 2.75) is 101 Å². The molecule has 0 heterocycles. The number of aliphatic hydroxyl groups is 2. The highest BCUT2D eigenvalue weighted by Gasteiger charge is 2.34. The molecule has 248 valence electrons. The second kappa shape index (κ2) is 20.6. The Hall–Kier alpha value is -3.37. The first-order chi connectivity index (χ1) is 21.5. The van der Waals surface area contributed by atoms with E-state index in [1.165, 1.54) is 6.42 Å². The molecule has 1 aliphatic carbocycles. The van der Waals surface area contributed by atoms with Gasteiger partial charge in [-0.05, 0) is 51.3 Å². The highest BCUT2D eigenvalue weighted by atomic mass is 16.3. The molecule has 0 bridgehead atoms. The zero-order valence-corrected chi connectivity index (χ0v) is 27.4. The van der Waals surface area contributed by atoms with Crippen molar-refractivity contribution < 1.29 is 24.6 Å². The lowest BCUT2D eigenvalue weighted by Crippen LogP contribution is -2.56. The van der Waals surface area contributed by atoms with Gasteiger partial charge in [0, 0.05) is 39.4 Å². The summed E-state index contributed by atoms with van der Waals surface area (Å²) in [6.45, 7) is 1.21. The SMILES string of the molecule is C#CCCCC(O)[C@H](O)C(CC1CCCCC1)NC(=O)[C@H](CC#C)NC(=O)C(CC(=O)N(C)CCN(C)C)Cc1ccccc1. The van der Waals surface area contributed by atoms with Crippen LogP contribution in [0.4, 0.5) is 0 Å². The van der Waals surface area contributed by atoms with Crippen LogP contribution < -0.4 is 10.6 Å². The van der Waals surface area contributed by atoms with Gasteiger partial charge in [-0.2, -0.15) is 0 Å². The summed E-state index contributed by atoms with van der Waals surface area (Å²) < 4.78 is 0. The summed E-state index contributed by atoms with van der Waals surface area (Å²) in [5.74, 6) is 3.48. The fraction of sp³-hybridized carbons (Fsp3) is 0.639. The molecule has 9 heteroatoms. The minimum absolute atomic E-state index is 0.0259. The maximum atomic E-state index is 13.7. The Morgan fingerprint density at radius 1 is 0.956 bits per heavy atom. The Labute approximate surface area is 270 Å². The molecule has 2 rings (SSSR count). The molecule has 0 saturated heterocycles. The number of nitrogens with one attached hydrogen (secondary N) is 2. The Balaban J connectivity index is 2.20. The molecule has 0 aromatic heterocycles. The van der Waals surface area contributed by atoms with Crippen molar-refractivity contribution in [3.63, 3.8) is 0 Å². The van der Waals surface area contributed by atoms with Gasteiger partial charge < -0.3 is 30.6 Å². The third kappa shape index (κ3) is 14.1. The van der Waals surface area contributed by atoms with E-state index in [9.17, 15) is 24.6 Å². The maximum Gasteiger partial charge on any atom is 0.243 e. The molecule has 3 unspecified atom stereocenters. The number of carbonyl (C=O) groups is 3. The number of likely N-dealkylation sites (N-methyl/N-ethyl adjacent to an activating group) is 2. The van der Waals surface area contributed by atoms with Crippen LogP contribution in [0.25, 0.3) is 0 Å². The molecule has 1 aliphatic rings. The quantitative estimate of drug-likeness (QED) is 0.139. The number of unbranched alkanes of at least 4 members (excludes halogenated alkanes) is 1. The summed E-state index contributed by atoms with van der Waals surface area (Å²) in [5, 5.41) is 27.6. The Bertz CT molecular complexity index is 1120. The maximum absolute atomic E-state index is 13.7. The molecule has 9 nitrogen and oxygen atoms in total. The Morgan fingerprint density at radius 2 is 1.64 bits per heavy atom. The molecule has 3 amide bonds. The van der Waals surface area contributed by atoms with Crippen LogP contribution in [0.2, 0.25) is 0 Å². The molecule has 0 radical (unpaired) electrons. The Morgan fingerprint density at radius 3 is 2.27 bits per heavy atom. The average Bonchev–Trinajstić information content (AvgIpc) is 3.03. The van der Waals surface area contributed by atoms with Gasteiger partial charge in [0.05, 0.1) is 24.2 Å². The summed E-state index contributed by atoms with van der Waals surface area (Å²) in [5.41, 5.74) is 0.897. The van der Waals surface area contributed by atoms with Crippen molar-refractivity contribution in [1.29, 1.82) is 0 Å². The summed E-state index contributed by atoms with van der Waals surface area (Å²) in [4.78, 5) is 44.1. The number of terminal acetylenes is 2. The third-order valence-electron chi connectivity index (χ3n) is 8.65. The zero-order valence-electron chi connectivity index (χ0n) is 27.4. The number of nitrogens with zero attached hydrogens (tertiary/aromatic N) is 2. The summed E-state index contributed by atoms with van der Waals surface area (Å²) in [6, 6.07) is 7.66. The zero-order chi connectivity index (χ0) is 33.2. The van der Waals surface area contributed by atoms with E-state index < -0.39 is 42.0 Å². The lowest BCUT2D eigenvalue weighted by Gasteiger charge is -2.33. The van der Waals surface area contributed by atoms with Crippen LogP contribution in [-0.4, -0.2) is 96.3 Å². The lowest BCUT2D eigenvalue weighted by molar-refractivity contribution is -0.136. The van der Waals surface area contributed by atoms with Crippen molar-refractivity contribution in [1.82, 2.24) is 20.4 Å². The topological polar surface area (TPSA) is 122 Å². The van der Waals surface area contributed by atoms with Crippen molar-refractivity contribution >= 4 is 17.7 Å². The van der Waals surface area contributed by atoms with E-state index in [0.29, 0.717) is 51.1 Å². The van der Waals surface area contributed by atoms with E-state index in [1.807, 2.05) is 49.3 Å². The molecule has 1 saturated carbocycles. The molecular formula is C36H54N4O5. The molecule has 0 aliphatic heterocycles. The van der Waals surface area contributed by atoms with Gasteiger partial charge in [-0.1, -0.05) is 62.4 Å². The van der Waals surface area contributed by atoms with Crippen LogP contribution in [0.5, 0.6) is 0 Å². The number of amides is 3. The van der Waals surface area contributed by atoms with E-state index in [-0.39, 0.29) is 18.7 Å². The van der Waals surface area contributed by atoms with Gasteiger partial charge in [-0.3, -0.25) is 14.4 Å². The van der Waals surface area contributed by atoms with Crippen LogP contribution in [0.15, 0.2) is 30.3 Å². The van der Waals surface area contributed by atoms with Gasteiger partial charge in [-0.25, -0.2) is 0 Å². The smallest absolute Gasteiger partial charge is 0.243 e. The van der Waals surface area contributed by atoms with Gasteiger partial charge in [0.25, 0.3) is 0 Å². The number of rotatable bonds is 19. The van der Waals surface area contributed by atoms with Crippen LogP contribution in [0.3, 0.4) is 0 Å². The van der Waals surface area contributed by atoms with Crippen LogP contribution in [0.1, 0.15) is 76.2 Å². The van der Waals surface area contributed by atoms with E-state index >= 15 is 0 Å². The normalized spacial score (nSPS) is 16.8. The lowest BCUT2D eigenvalue weighted by atomic mass is 9.82. The molecule has 0 spiro atoms. The number of hydrogen-bond acceptors (Lipinski definition) is 6. The number of hydrogen-bond donors (Lipinski definition) is 4. The van der Waals surface area contributed by atoms with E-state index in [1.54, 1.807) is 11.9 Å². The second-order valence-corrected chi connectivity index (χ2v) is 12.7. The van der Waals surface area contributed by atoms with E-state index in [4.69, 9.17) is 12.8 Å². The van der Waals surface area contributed by atoms with Crippen molar-refractivity contribution in [3.05, 3.63) is 35.9 Å². The van der Waals surface area contributed by atoms with Gasteiger partial charge >= 0.3 is 0 Å². The number of carbonyl (C=O) groups excluding carboxylic acids is 3. The molecule has 45 heavy (non-hydrogen) atoms. The predicted molar refractivity (Wildman–Crippen MR) is 178 cm³/mol. The fourth-order valence-corrected chi connectivity index (χ4v) is 5.82. The van der Waals surface area contributed by atoms with Gasteiger partial charge in [-0.15, -0.1) is 24.7 Å². The third-order valence-corrected chi connectivity index (χ3v) is 8.65. The molecule has 1 aromatic rings.